The Morgan fingerprint density at radius 1 is 1.38 bits per heavy atom. The topological polar surface area (TPSA) is 9.23 Å². The van der Waals surface area contributed by atoms with E-state index in [-0.39, 0.29) is 5.82 Å². The molecular formula is C10H12BrFO. The summed E-state index contributed by atoms with van der Waals surface area (Å²) in [5.41, 5.74) is 1.00. The molecule has 13 heavy (non-hydrogen) atoms. The van der Waals surface area contributed by atoms with Gasteiger partial charge in [-0.2, -0.15) is 0 Å². The lowest BCUT2D eigenvalue weighted by atomic mass is 10.0. The van der Waals surface area contributed by atoms with Gasteiger partial charge in [-0.25, -0.2) is 4.39 Å². The van der Waals surface area contributed by atoms with Gasteiger partial charge in [0.2, 0.25) is 0 Å². The van der Waals surface area contributed by atoms with E-state index in [9.17, 15) is 4.39 Å². The summed E-state index contributed by atoms with van der Waals surface area (Å²) in [7, 11) is 1.55. The first-order valence-electron chi connectivity index (χ1n) is 4.09. The van der Waals surface area contributed by atoms with Crippen LogP contribution in [0.3, 0.4) is 0 Å². The van der Waals surface area contributed by atoms with Gasteiger partial charge < -0.3 is 4.74 Å². The monoisotopic (exact) mass is 246 g/mol. The predicted molar refractivity (Wildman–Crippen MR) is 54.7 cm³/mol. The van der Waals surface area contributed by atoms with Gasteiger partial charge >= 0.3 is 0 Å². The van der Waals surface area contributed by atoms with E-state index in [0.29, 0.717) is 11.7 Å². The van der Waals surface area contributed by atoms with Crippen LogP contribution in [0.15, 0.2) is 16.6 Å². The predicted octanol–water partition coefficient (Wildman–Crippen LogP) is 3.72. The van der Waals surface area contributed by atoms with Crippen LogP contribution in [-0.4, -0.2) is 7.11 Å². The van der Waals surface area contributed by atoms with Gasteiger partial charge in [-0.15, -0.1) is 0 Å². The van der Waals surface area contributed by atoms with Crippen LogP contribution in [0.1, 0.15) is 25.3 Å². The van der Waals surface area contributed by atoms with Crippen LogP contribution in [0.2, 0.25) is 0 Å². The van der Waals surface area contributed by atoms with Crippen molar-refractivity contribution in [3.05, 3.63) is 28.0 Å². The van der Waals surface area contributed by atoms with Gasteiger partial charge in [0.25, 0.3) is 0 Å². The van der Waals surface area contributed by atoms with Crippen LogP contribution in [0.4, 0.5) is 4.39 Å². The Bertz CT molecular complexity index is 310. The molecule has 0 amide bonds. The third-order valence-corrected chi connectivity index (χ3v) is 2.51. The van der Waals surface area contributed by atoms with Crippen molar-refractivity contribution in [3.63, 3.8) is 0 Å². The highest BCUT2D eigenvalue weighted by atomic mass is 79.9. The maximum absolute atomic E-state index is 12.9. The number of hydrogen-bond donors (Lipinski definition) is 0. The van der Waals surface area contributed by atoms with E-state index in [2.05, 4.69) is 15.9 Å². The van der Waals surface area contributed by atoms with E-state index in [1.165, 1.54) is 12.1 Å². The molecule has 0 unspecified atom stereocenters. The van der Waals surface area contributed by atoms with Gasteiger partial charge in [0.05, 0.1) is 7.11 Å². The van der Waals surface area contributed by atoms with Crippen molar-refractivity contribution in [2.45, 2.75) is 19.8 Å². The van der Waals surface area contributed by atoms with E-state index in [0.717, 1.165) is 10.0 Å². The molecule has 0 N–H and O–H groups in total. The first-order chi connectivity index (χ1) is 6.06. The minimum atomic E-state index is -0.284. The van der Waals surface area contributed by atoms with Crippen molar-refractivity contribution in [1.82, 2.24) is 0 Å². The first kappa shape index (κ1) is 10.5. The van der Waals surface area contributed by atoms with Crippen molar-refractivity contribution in [2.75, 3.05) is 7.11 Å². The Kier molecular flexibility index (Phi) is 3.31. The van der Waals surface area contributed by atoms with Crippen LogP contribution in [0.25, 0.3) is 0 Å². The van der Waals surface area contributed by atoms with Crippen molar-refractivity contribution < 1.29 is 9.13 Å². The van der Waals surface area contributed by atoms with Crippen molar-refractivity contribution in [1.29, 1.82) is 0 Å². The molecular weight excluding hydrogens is 235 g/mol. The maximum Gasteiger partial charge on any atom is 0.128 e. The van der Waals surface area contributed by atoms with Gasteiger partial charge in [-0.05, 0) is 12.0 Å². The van der Waals surface area contributed by atoms with Crippen LogP contribution in [0.5, 0.6) is 5.75 Å². The van der Waals surface area contributed by atoms with E-state index in [4.69, 9.17) is 4.74 Å². The third kappa shape index (κ3) is 2.21. The van der Waals surface area contributed by atoms with Gasteiger partial charge in [0.1, 0.15) is 11.6 Å². The molecule has 3 heteroatoms. The second-order valence-electron chi connectivity index (χ2n) is 3.16. The fourth-order valence-electron chi connectivity index (χ4n) is 1.29. The molecule has 0 atom stereocenters. The molecule has 0 aliphatic rings. The average Bonchev–Trinajstić information content (AvgIpc) is 2.01. The summed E-state index contributed by atoms with van der Waals surface area (Å²) >= 11 is 3.32. The summed E-state index contributed by atoms with van der Waals surface area (Å²) in [5.74, 6) is 0.625. The number of halogens is 2. The van der Waals surface area contributed by atoms with Crippen LogP contribution < -0.4 is 4.74 Å². The summed E-state index contributed by atoms with van der Waals surface area (Å²) < 4.78 is 18.8. The van der Waals surface area contributed by atoms with E-state index in [1.807, 2.05) is 13.8 Å². The zero-order chi connectivity index (χ0) is 10.0. The second kappa shape index (κ2) is 4.09. The van der Waals surface area contributed by atoms with E-state index >= 15 is 0 Å². The van der Waals surface area contributed by atoms with Crippen molar-refractivity contribution in [2.24, 2.45) is 0 Å². The Morgan fingerprint density at radius 3 is 2.46 bits per heavy atom. The first-order valence-corrected chi connectivity index (χ1v) is 4.88. The Balaban J connectivity index is 3.30. The lowest BCUT2D eigenvalue weighted by Gasteiger charge is -2.13. The maximum atomic E-state index is 12.9. The summed E-state index contributed by atoms with van der Waals surface area (Å²) in [5, 5.41) is 0. The smallest absolute Gasteiger partial charge is 0.128 e. The van der Waals surface area contributed by atoms with Crippen molar-refractivity contribution >= 4 is 15.9 Å². The van der Waals surface area contributed by atoms with Crippen LogP contribution in [-0.2, 0) is 0 Å². The Hall–Kier alpha value is -0.570. The lowest BCUT2D eigenvalue weighted by Crippen LogP contribution is -1.96. The number of ether oxygens (including phenoxy) is 1. The number of hydrogen-bond acceptors (Lipinski definition) is 1. The Morgan fingerprint density at radius 2 is 2.00 bits per heavy atom. The molecule has 1 rings (SSSR count). The fourth-order valence-corrected chi connectivity index (χ4v) is 2.16. The average molecular weight is 247 g/mol. The van der Waals surface area contributed by atoms with Gasteiger partial charge in [0, 0.05) is 16.1 Å². The number of benzene rings is 1. The molecule has 0 aromatic heterocycles. The van der Waals surface area contributed by atoms with Crippen LogP contribution in [0, 0.1) is 5.82 Å². The molecule has 0 saturated heterocycles. The highest BCUT2D eigenvalue weighted by molar-refractivity contribution is 9.10. The minimum absolute atomic E-state index is 0.284. The van der Waals surface area contributed by atoms with Crippen LogP contribution >= 0.6 is 15.9 Å². The number of methoxy groups -OCH3 is 1. The molecule has 0 aliphatic carbocycles. The molecule has 1 nitrogen and oxygen atoms in total. The molecule has 0 radical (unpaired) electrons. The molecule has 0 aliphatic heterocycles. The lowest BCUT2D eigenvalue weighted by molar-refractivity contribution is 0.403. The fraction of sp³-hybridized carbons (Fsp3) is 0.400. The van der Waals surface area contributed by atoms with Gasteiger partial charge in [0.15, 0.2) is 0 Å². The molecule has 0 saturated carbocycles. The molecule has 72 valence electrons. The molecule has 0 spiro atoms. The van der Waals surface area contributed by atoms with Crippen molar-refractivity contribution in [3.8, 4) is 5.75 Å². The quantitative estimate of drug-likeness (QED) is 0.773. The summed E-state index contributed by atoms with van der Waals surface area (Å²) in [4.78, 5) is 0. The zero-order valence-corrected chi connectivity index (χ0v) is 9.48. The van der Waals surface area contributed by atoms with E-state index < -0.39 is 0 Å². The Labute approximate surface area is 86.0 Å². The van der Waals surface area contributed by atoms with E-state index in [1.54, 1.807) is 7.11 Å². The minimum Gasteiger partial charge on any atom is -0.496 e. The SMILES string of the molecule is COc1cc(F)cc(Br)c1C(C)C. The molecule has 1 aromatic rings. The normalized spacial score (nSPS) is 10.6. The summed E-state index contributed by atoms with van der Waals surface area (Å²) in [6.45, 7) is 4.08. The summed E-state index contributed by atoms with van der Waals surface area (Å²) in [6, 6.07) is 2.86. The highest BCUT2D eigenvalue weighted by Gasteiger charge is 2.12. The van der Waals surface area contributed by atoms with Gasteiger partial charge in [-0.1, -0.05) is 29.8 Å². The third-order valence-electron chi connectivity index (χ3n) is 1.85. The molecule has 1 aromatic carbocycles. The molecule has 0 fully saturated rings. The summed E-state index contributed by atoms with van der Waals surface area (Å²) in [6.07, 6.45) is 0. The molecule has 0 heterocycles. The van der Waals surface area contributed by atoms with Gasteiger partial charge in [-0.3, -0.25) is 0 Å². The standard InChI is InChI=1S/C10H12BrFO/c1-6(2)10-8(11)4-7(12)5-9(10)13-3/h4-6H,1-3H3. The molecule has 0 bridgehead atoms. The largest absolute Gasteiger partial charge is 0.496 e. The number of rotatable bonds is 2. The highest BCUT2D eigenvalue weighted by Crippen LogP contribution is 2.34. The zero-order valence-electron chi connectivity index (χ0n) is 7.90. The second-order valence-corrected chi connectivity index (χ2v) is 4.01.